The molecule has 0 aliphatic carbocycles. The standard InChI is InChI=1S/C11H8ClF3N2S/c12-8-3-1-7(2-4-8)5-16-10-17-6-9(18-10)11(13,14)15/h1-4,6H,5H2,(H,16,17). The minimum Gasteiger partial charge on any atom is -0.357 e. The number of aromatic nitrogens is 1. The molecular weight excluding hydrogens is 285 g/mol. The van der Waals surface area contributed by atoms with Gasteiger partial charge in [0.05, 0.1) is 6.20 Å². The SMILES string of the molecule is FC(F)(F)c1cnc(NCc2ccc(Cl)cc2)s1. The minimum atomic E-state index is -4.34. The Bertz CT molecular complexity index is 522. The predicted octanol–water partition coefficient (Wildman–Crippen LogP) is 4.43. The van der Waals surface area contributed by atoms with Crippen LogP contribution < -0.4 is 5.32 Å². The molecule has 0 unspecified atom stereocenters. The summed E-state index contributed by atoms with van der Waals surface area (Å²) >= 11 is 6.32. The van der Waals surface area contributed by atoms with E-state index in [1.807, 2.05) is 0 Å². The van der Waals surface area contributed by atoms with Crippen molar-refractivity contribution in [1.29, 1.82) is 0 Å². The van der Waals surface area contributed by atoms with Gasteiger partial charge in [-0.3, -0.25) is 0 Å². The van der Waals surface area contributed by atoms with Crippen LogP contribution in [0.5, 0.6) is 0 Å². The van der Waals surface area contributed by atoms with Crippen molar-refractivity contribution >= 4 is 28.1 Å². The van der Waals surface area contributed by atoms with Gasteiger partial charge in [-0.05, 0) is 17.7 Å². The second kappa shape index (κ2) is 5.16. The van der Waals surface area contributed by atoms with Crippen molar-refractivity contribution in [2.75, 3.05) is 5.32 Å². The smallest absolute Gasteiger partial charge is 0.357 e. The first-order chi connectivity index (χ1) is 8.45. The maximum absolute atomic E-state index is 12.3. The lowest BCUT2D eigenvalue weighted by Gasteiger charge is -2.03. The summed E-state index contributed by atoms with van der Waals surface area (Å²) in [7, 11) is 0. The Balaban J connectivity index is 1.98. The van der Waals surface area contributed by atoms with Crippen LogP contribution in [0.2, 0.25) is 5.02 Å². The van der Waals surface area contributed by atoms with Crippen LogP contribution in [-0.4, -0.2) is 4.98 Å². The second-order valence-corrected chi connectivity index (χ2v) is 4.97. The number of anilines is 1. The van der Waals surface area contributed by atoms with E-state index in [0.29, 0.717) is 22.9 Å². The molecule has 0 aliphatic heterocycles. The zero-order valence-electron chi connectivity index (χ0n) is 8.96. The highest BCUT2D eigenvalue weighted by atomic mass is 35.5. The third-order valence-corrected chi connectivity index (χ3v) is 3.39. The Hall–Kier alpha value is -1.27. The number of nitrogens with one attached hydrogen (secondary N) is 1. The fraction of sp³-hybridized carbons (Fsp3) is 0.182. The average Bonchev–Trinajstić information content (AvgIpc) is 2.77. The van der Waals surface area contributed by atoms with Crippen LogP contribution in [0.1, 0.15) is 10.4 Å². The zero-order valence-corrected chi connectivity index (χ0v) is 10.5. The zero-order chi connectivity index (χ0) is 13.2. The number of nitrogens with zero attached hydrogens (tertiary/aromatic N) is 1. The minimum absolute atomic E-state index is 0.247. The van der Waals surface area contributed by atoms with Crippen molar-refractivity contribution in [1.82, 2.24) is 4.98 Å². The van der Waals surface area contributed by atoms with Crippen LogP contribution in [0.4, 0.5) is 18.3 Å². The van der Waals surface area contributed by atoms with Gasteiger partial charge >= 0.3 is 6.18 Å². The summed E-state index contributed by atoms with van der Waals surface area (Å²) in [6.07, 6.45) is -3.51. The van der Waals surface area contributed by atoms with Crippen LogP contribution in [0, 0.1) is 0 Å². The predicted molar refractivity (Wildman–Crippen MR) is 65.9 cm³/mol. The molecule has 0 saturated heterocycles. The molecule has 0 aliphatic rings. The number of rotatable bonds is 3. The van der Waals surface area contributed by atoms with Gasteiger partial charge in [0.25, 0.3) is 0 Å². The summed E-state index contributed by atoms with van der Waals surface area (Å²) in [5, 5.41) is 3.70. The molecule has 0 radical (unpaired) electrons. The topological polar surface area (TPSA) is 24.9 Å². The summed E-state index contributed by atoms with van der Waals surface area (Å²) in [4.78, 5) is 2.97. The van der Waals surface area contributed by atoms with Gasteiger partial charge in [-0.2, -0.15) is 13.2 Å². The van der Waals surface area contributed by atoms with Crippen molar-refractivity contribution in [2.24, 2.45) is 0 Å². The van der Waals surface area contributed by atoms with Gasteiger partial charge in [0.15, 0.2) is 5.13 Å². The van der Waals surface area contributed by atoms with Crippen molar-refractivity contribution in [3.05, 3.63) is 45.9 Å². The lowest BCUT2D eigenvalue weighted by molar-refractivity contribution is -0.134. The molecule has 2 rings (SSSR count). The van der Waals surface area contributed by atoms with E-state index in [2.05, 4.69) is 10.3 Å². The molecule has 96 valence electrons. The number of benzene rings is 1. The molecule has 18 heavy (non-hydrogen) atoms. The van der Waals surface area contributed by atoms with Crippen molar-refractivity contribution in [2.45, 2.75) is 12.7 Å². The largest absolute Gasteiger partial charge is 0.427 e. The summed E-state index contributed by atoms with van der Waals surface area (Å²) in [5.74, 6) is 0. The Kier molecular flexibility index (Phi) is 3.77. The van der Waals surface area contributed by atoms with Gasteiger partial charge in [0, 0.05) is 11.6 Å². The Labute approximate surface area is 110 Å². The van der Waals surface area contributed by atoms with Crippen LogP contribution in [0.3, 0.4) is 0 Å². The van der Waals surface area contributed by atoms with Gasteiger partial charge in [0.2, 0.25) is 0 Å². The molecule has 7 heteroatoms. The highest BCUT2D eigenvalue weighted by Gasteiger charge is 2.33. The van der Waals surface area contributed by atoms with Gasteiger partial charge in [0.1, 0.15) is 4.88 Å². The first-order valence-electron chi connectivity index (χ1n) is 4.96. The van der Waals surface area contributed by atoms with Crippen molar-refractivity contribution < 1.29 is 13.2 Å². The molecule has 1 N–H and O–H groups in total. The van der Waals surface area contributed by atoms with E-state index in [1.165, 1.54) is 0 Å². The summed E-state index contributed by atoms with van der Waals surface area (Å²) in [6, 6.07) is 7.05. The highest BCUT2D eigenvalue weighted by molar-refractivity contribution is 7.15. The lowest BCUT2D eigenvalue weighted by Crippen LogP contribution is -2.00. The maximum atomic E-state index is 12.3. The number of hydrogen-bond donors (Lipinski definition) is 1. The normalized spacial score (nSPS) is 11.6. The molecule has 0 amide bonds. The van der Waals surface area contributed by atoms with E-state index in [1.54, 1.807) is 24.3 Å². The summed E-state index contributed by atoms with van der Waals surface area (Å²) in [5.41, 5.74) is 0.920. The highest BCUT2D eigenvalue weighted by Crippen LogP contribution is 2.35. The average molecular weight is 293 g/mol. The molecule has 0 atom stereocenters. The van der Waals surface area contributed by atoms with Crippen LogP contribution >= 0.6 is 22.9 Å². The van der Waals surface area contributed by atoms with E-state index in [9.17, 15) is 13.2 Å². The molecule has 0 saturated carbocycles. The lowest BCUT2D eigenvalue weighted by atomic mass is 10.2. The second-order valence-electron chi connectivity index (χ2n) is 3.51. The molecule has 0 spiro atoms. The van der Waals surface area contributed by atoms with E-state index < -0.39 is 11.1 Å². The maximum Gasteiger partial charge on any atom is 0.427 e. The third-order valence-electron chi connectivity index (χ3n) is 2.14. The van der Waals surface area contributed by atoms with Gasteiger partial charge in [-0.25, -0.2) is 4.98 Å². The fourth-order valence-electron chi connectivity index (χ4n) is 1.27. The molecule has 2 nitrogen and oxygen atoms in total. The van der Waals surface area contributed by atoms with E-state index in [-0.39, 0.29) is 5.13 Å². The monoisotopic (exact) mass is 292 g/mol. The van der Waals surface area contributed by atoms with E-state index >= 15 is 0 Å². The Morgan fingerprint density at radius 3 is 2.44 bits per heavy atom. The Morgan fingerprint density at radius 1 is 1.22 bits per heavy atom. The quantitative estimate of drug-likeness (QED) is 0.905. The van der Waals surface area contributed by atoms with Gasteiger partial charge in [-0.1, -0.05) is 35.1 Å². The van der Waals surface area contributed by atoms with E-state index in [4.69, 9.17) is 11.6 Å². The summed E-state index contributed by atoms with van der Waals surface area (Å²) < 4.78 is 37.0. The number of hydrogen-bond acceptors (Lipinski definition) is 3. The molecule has 1 heterocycles. The van der Waals surface area contributed by atoms with Gasteiger partial charge in [-0.15, -0.1) is 0 Å². The molecule has 0 bridgehead atoms. The fourth-order valence-corrected chi connectivity index (χ4v) is 2.07. The van der Waals surface area contributed by atoms with Crippen molar-refractivity contribution in [3.63, 3.8) is 0 Å². The molecule has 1 aromatic heterocycles. The van der Waals surface area contributed by atoms with E-state index in [0.717, 1.165) is 11.8 Å². The molecule has 0 fully saturated rings. The number of alkyl halides is 3. The molecular formula is C11H8ClF3N2S. The molecule has 2 aromatic rings. The van der Waals surface area contributed by atoms with Crippen LogP contribution in [0.25, 0.3) is 0 Å². The summed E-state index contributed by atoms with van der Waals surface area (Å²) in [6.45, 7) is 0.405. The Morgan fingerprint density at radius 2 is 1.89 bits per heavy atom. The van der Waals surface area contributed by atoms with Crippen LogP contribution in [-0.2, 0) is 12.7 Å². The number of thiazole rings is 1. The van der Waals surface area contributed by atoms with Gasteiger partial charge < -0.3 is 5.32 Å². The van der Waals surface area contributed by atoms with Crippen molar-refractivity contribution in [3.8, 4) is 0 Å². The first kappa shape index (κ1) is 13.2. The third kappa shape index (κ3) is 3.36. The van der Waals surface area contributed by atoms with Crippen LogP contribution in [0.15, 0.2) is 30.5 Å². The molecule has 1 aromatic carbocycles. The first-order valence-corrected chi connectivity index (χ1v) is 6.16. The number of halogens is 4.